The highest BCUT2D eigenvalue weighted by Gasteiger charge is 2.49. The van der Waals surface area contributed by atoms with Crippen molar-refractivity contribution in [1.82, 2.24) is 0 Å². The van der Waals surface area contributed by atoms with Crippen LogP contribution < -0.4 is 0 Å². The van der Waals surface area contributed by atoms with Gasteiger partial charge in [0.05, 0.1) is 0 Å². The summed E-state index contributed by atoms with van der Waals surface area (Å²) in [6, 6.07) is 0. The molecule has 1 saturated carbocycles. The highest BCUT2D eigenvalue weighted by Crippen LogP contribution is 2.48. The monoisotopic (exact) mass is 168 g/mol. The normalized spacial score (nSPS) is 37.2. The fraction of sp³-hybridized carbons (Fsp3) is 0.800. The van der Waals surface area contributed by atoms with Gasteiger partial charge in [0.2, 0.25) is 0 Å². The minimum absolute atomic E-state index is 0.308. The zero-order chi connectivity index (χ0) is 8.60. The summed E-state index contributed by atoms with van der Waals surface area (Å²) in [6.45, 7) is 0. The van der Waals surface area contributed by atoms with Crippen LogP contribution in [0, 0.1) is 11.8 Å². The number of hydrogen-bond donors (Lipinski definition) is 0. The van der Waals surface area contributed by atoms with Crippen molar-refractivity contribution >= 4 is 0 Å². The molecule has 0 bridgehead atoms. The molecule has 68 valence electrons. The van der Waals surface area contributed by atoms with Crippen molar-refractivity contribution in [3.05, 3.63) is 12.2 Å². The first-order valence-corrected chi connectivity index (χ1v) is 4.59. The molecular weight excluding hydrogens is 152 g/mol. The van der Waals surface area contributed by atoms with Gasteiger partial charge in [-0.25, -0.2) is 0 Å². The Morgan fingerprint density at radius 2 is 2.08 bits per heavy atom. The van der Waals surface area contributed by atoms with Gasteiger partial charge in [-0.1, -0.05) is 12.2 Å². The molecule has 1 fully saturated rings. The van der Waals surface area contributed by atoms with Crippen LogP contribution in [0.15, 0.2) is 12.2 Å². The van der Waals surface area contributed by atoms with E-state index in [9.17, 15) is 0 Å². The summed E-state index contributed by atoms with van der Waals surface area (Å²) in [5.41, 5.74) is 0. The van der Waals surface area contributed by atoms with Crippen molar-refractivity contribution in [3.63, 3.8) is 0 Å². The molecule has 2 atom stereocenters. The van der Waals surface area contributed by atoms with Gasteiger partial charge >= 0.3 is 0 Å². The molecule has 0 spiro atoms. The Morgan fingerprint density at radius 1 is 1.33 bits per heavy atom. The van der Waals surface area contributed by atoms with E-state index in [1.54, 1.807) is 14.2 Å². The van der Waals surface area contributed by atoms with Gasteiger partial charge in [0, 0.05) is 26.6 Å². The second kappa shape index (κ2) is 2.86. The predicted molar refractivity (Wildman–Crippen MR) is 46.7 cm³/mol. The molecule has 0 N–H and O–H groups in total. The minimum atomic E-state index is -0.308. The fourth-order valence-electron chi connectivity index (χ4n) is 2.62. The van der Waals surface area contributed by atoms with Crippen molar-refractivity contribution in [2.75, 3.05) is 14.2 Å². The van der Waals surface area contributed by atoms with E-state index in [2.05, 4.69) is 12.2 Å². The first-order chi connectivity index (χ1) is 5.82. The van der Waals surface area contributed by atoms with Crippen LogP contribution in [0.4, 0.5) is 0 Å². The van der Waals surface area contributed by atoms with Crippen molar-refractivity contribution < 1.29 is 9.47 Å². The third kappa shape index (κ3) is 0.947. The summed E-state index contributed by atoms with van der Waals surface area (Å²) in [6.07, 6.45) is 7.99. The molecule has 2 aliphatic carbocycles. The van der Waals surface area contributed by atoms with Gasteiger partial charge in [-0.05, 0) is 18.8 Å². The Balaban J connectivity index is 2.20. The van der Waals surface area contributed by atoms with Crippen molar-refractivity contribution in [2.24, 2.45) is 11.8 Å². The van der Waals surface area contributed by atoms with E-state index in [1.807, 2.05) is 0 Å². The number of allylic oxidation sites excluding steroid dienone is 1. The van der Waals surface area contributed by atoms with Crippen LogP contribution in [0.1, 0.15) is 19.3 Å². The van der Waals surface area contributed by atoms with Crippen molar-refractivity contribution in [2.45, 2.75) is 25.0 Å². The molecule has 0 aromatic heterocycles. The Kier molecular flexibility index (Phi) is 1.97. The zero-order valence-corrected chi connectivity index (χ0v) is 7.75. The molecule has 0 aromatic rings. The lowest BCUT2D eigenvalue weighted by molar-refractivity contribution is -0.220. The maximum absolute atomic E-state index is 5.49. The quantitative estimate of drug-likeness (QED) is 0.463. The highest BCUT2D eigenvalue weighted by molar-refractivity contribution is 5.10. The van der Waals surface area contributed by atoms with Crippen LogP contribution in [0.3, 0.4) is 0 Å². The van der Waals surface area contributed by atoms with Gasteiger partial charge in [-0.3, -0.25) is 0 Å². The van der Waals surface area contributed by atoms with E-state index in [1.165, 1.54) is 12.8 Å². The molecule has 2 aliphatic rings. The Labute approximate surface area is 73.5 Å². The summed E-state index contributed by atoms with van der Waals surface area (Å²) in [4.78, 5) is 0. The molecule has 2 rings (SSSR count). The Morgan fingerprint density at radius 3 is 2.75 bits per heavy atom. The summed E-state index contributed by atoms with van der Waals surface area (Å²) in [5, 5.41) is 0. The molecule has 0 saturated heterocycles. The zero-order valence-electron chi connectivity index (χ0n) is 7.75. The molecule has 0 radical (unpaired) electrons. The van der Waals surface area contributed by atoms with Crippen LogP contribution in [0.5, 0.6) is 0 Å². The third-order valence-corrected chi connectivity index (χ3v) is 3.35. The van der Waals surface area contributed by atoms with Gasteiger partial charge < -0.3 is 9.47 Å². The van der Waals surface area contributed by atoms with Gasteiger partial charge in [0.1, 0.15) is 0 Å². The van der Waals surface area contributed by atoms with Gasteiger partial charge in [-0.15, -0.1) is 0 Å². The second-order valence-electron chi connectivity index (χ2n) is 3.71. The van der Waals surface area contributed by atoms with Crippen LogP contribution in [0.2, 0.25) is 0 Å². The van der Waals surface area contributed by atoms with Gasteiger partial charge in [0.25, 0.3) is 0 Å². The van der Waals surface area contributed by atoms with Crippen LogP contribution in [-0.2, 0) is 9.47 Å². The smallest absolute Gasteiger partial charge is 0.174 e. The predicted octanol–water partition coefficient (Wildman–Crippen LogP) is 1.96. The van der Waals surface area contributed by atoms with E-state index in [0.29, 0.717) is 5.92 Å². The Bertz CT molecular complexity index is 194. The second-order valence-corrected chi connectivity index (χ2v) is 3.71. The third-order valence-electron chi connectivity index (χ3n) is 3.35. The standard InChI is InChI=1S/C10H16O2/c1-11-10(12-2)7-6-8-4-3-5-9(8)10/h3,5,8-9H,4,6-7H2,1-2H3/t8-,9-/m1/s1. The van der Waals surface area contributed by atoms with E-state index in [-0.39, 0.29) is 5.79 Å². The summed E-state index contributed by atoms with van der Waals surface area (Å²) < 4.78 is 11.0. The number of methoxy groups -OCH3 is 2. The van der Waals surface area contributed by atoms with E-state index in [4.69, 9.17) is 9.47 Å². The fourth-order valence-corrected chi connectivity index (χ4v) is 2.62. The summed E-state index contributed by atoms with van der Waals surface area (Å²) >= 11 is 0. The summed E-state index contributed by atoms with van der Waals surface area (Å²) in [7, 11) is 3.50. The lowest BCUT2D eigenvalue weighted by Crippen LogP contribution is -2.37. The maximum atomic E-state index is 5.49. The molecule has 2 nitrogen and oxygen atoms in total. The molecule has 12 heavy (non-hydrogen) atoms. The van der Waals surface area contributed by atoms with E-state index < -0.39 is 0 Å². The Hall–Kier alpha value is -0.340. The number of ether oxygens (including phenoxy) is 2. The molecule has 0 aliphatic heterocycles. The molecular formula is C10H16O2. The average Bonchev–Trinajstić information content (AvgIpc) is 2.64. The average molecular weight is 168 g/mol. The van der Waals surface area contributed by atoms with Crippen LogP contribution >= 0.6 is 0 Å². The molecule has 2 heteroatoms. The first kappa shape index (κ1) is 8.27. The molecule has 0 heterocycles. The van der Waals surface area contributed by atoms with Crippen molar-refractivity contribution in [1.29, 1.82) is 0 Å². The highest BCUT2D eigenvalue weighted by atomic mass is 16.7. The number of rotatable bonds is 2. The SMILES string of the molecule is COC1(OC)CC[C@H]2CC=C[C@H]21. The van der Waals surface area contributed by atoms with E-state index in [0.717, 1.165) is 12.3 Å². The summed E-state index contributed by atoms with van der Waals surface area (Å²) in [5.74, 6) is 0.954. The lowest BCUT2D eigenvalue weighted by Gasteiger charge is -2.31. The number of fused-ring (bicyclic) bond motifs is 1. The molecule has 0 aromatic carbocycles. The van der Waals surface area contributed by atoms with Crippen molar-refractivity contribution in [3.8, 4) is 0 Å². The van der Waals surface area contributed by atoms with E-state index >= 15 is 0 Å². The number of hydrogen-bond acceptors (Lipinski definition) is 2. The van der Waals surface area contributed by atoms with Gasteiger partial charge in [-0.2, -0.15) is 0 Å². The largest absolute Gasteiger partial charge is 0.353 e. The maximum Gasteiger partial charge on any atom is 0.174 e. The van der Waals surface area contributed by atoms with Gasteiger partial charge in [0.15, 0.2) is 5.79 Å². The van der Waals surface area contributed by atoms with Crippen LogP contribution in [-0.4, -0.2) is 20.0 Å². The first-order valence-electron chi connectivity index (χ1n) is 4.59. The lowest BCUT2D eigenvalue weighted by atomic mass is 9.97. The minimum Gasteiger partial charge on any atom is -0.353 e. The topological polar surface area (TPSA) is 18.5 Å². The van der Waals surface area contributed by atoms with Crippen LogP contribution in [0.25, 0.3) is 0 Å². The molecule has 0 unspecified atom stereocenters. The molecule has 0 amide bonds.